The van der Waals surface area contributed by atoms with Gasteiger partial charge in [-0.2, -0.15) is 0 Å². The topological polar surface area (TPSA) is 28.2 Å². The average Bonchev–Trinajstić information content (AvgIpc) is 2.54. The van der Waals surface area contributed by atoms with Crippen molar-refractivity contribution in [3.05, 3.63) is 66.4 Å². The van der Waals surface area contributed by atoms with E-state index in [0.717, 1.165) is 18.1 Å². The zero-order valence-electron chi connectivity index (χ0n) is 12.4. The molecule has 1 N–H and O–H groups in total. The summed E-state index contributed by atoms with van der Waals surface area (Å²) in [5.74, 6) is 1.01. The van der Waals surface area contributed by atoms with Crippen molar-refractivity contribution in [1.29, 1.82) is 0 Å². The molecule has 0 amide bonds. The summed E-state index contributed by atoms with van der Waals surface area (Å²) in [5.41, 5.74) is 2.40. The molecule has 2 aromatic carbocycles. The molecule has 0 saturated heterocycles. The van der Waals surface area contributed by atoms with Gasteiger partial charge in [0.2, 0.25) is 0 Å². The summed E-state index contributed by atoms with van der Waals surface area (Å²) in [6.45, 7) is 0.848. The number of rotatable bonds is 4. The van der Waals surface area contributed by atoms with Crippen LogP contribution >= 0.6 is 0 Å². The molecule has 0 aliphatic carbocycles. The highest BCUT2D eigenvalue weighted by atomic mass is 15.2. The molecule has 3 heteroatoms. The second-order valence-electron chi connectivity index (χ2n) is 5.16. The van der Waals surface area contributed by atoms with Crippen molar-refractivity contribution in [3.63, 3.8) is 0 Å². The van der Waals surface area contributed by atoms with Crippen LogP contribution in [0, 0.1) is 0 Å². The smallest absolute Gasteiger partial charge is 0.136 e. The van der Waals surface area contributed by atoms with Gasteiger partial charge in [-0.25, -0.2) is 4.98 Å². The van der Waals surface area contributed by atoms with E-state index < -0.39 is 0 Å². The Morgan fingerprint density at radius 1 is 1.05 bits per heavy atom. The molecule has 3 nitrogen and oxygen atoms in total. The van der Waals surface area contributed by atoms with Crippen LogP contribution in [-0.2, 0) is 6.54 Å². The van der Waals surface area contributed by atoms with Gasteiger partial charge in [-0.3, -0.25) is 0 Å². The van der Waals surface area contributed by atoms with Crippen molar-refractivity contribution in [2.75, 3.05) is 24.3 Å². The lowest BCUT2D eigenvalue weighted by atomic mass is 10.1. The number of nitrogens with zero attached hydrogens (tertiary/aromatic N) is 2. The standard InChI is InChI=1S/C18H19N3/c1-19-16-8-9-17-15(12-16)10-11-20-18(17)21(2)13-14-6-4-3-5-7-14/h3-12,19H,13H2,1-2H3. The number of aromatic nitrogens is 1. The first-order chi connectivity index (χ1) is 10.3. The Kier molecular flexibility index (Phi) is 3.73. The van der Waals surface area contributed by atoms with Crippen LogP contribution in [0.3, 0.4) is 0 Å². The molecule has 0 atom stereocenters. The van der Waals surface area contributed by atoms with E-state index in [0.29, 0.717) is 0 Å². The van der Waals surface area contributed by atoms with E-state index in [-0.39, 0.29) is 0 Å². The van der Waals surface area contributed by atoms with Gasteiger partial charge in [0, 0.05) is 37.9 Å². The van der Waals surface area contributed by atoms with E-state index in [2.05, 4.69) is 70.8 Å². The molecule has 0 bridgehead atoms. The molecule has 0 aliphatic heterocycles. The monoisotopic (exact) mass is 277 g/mol. The van der Waals surface area contributed by atoms with Crippen LogP contribution in [0.2, 0.25) is 0 Å². The lowest BCUT2D eigenvalue weighted by molar-refractivity contribution is 0.905. The third kappa shape index (κ3) is 2.82. The molecule has 1 heterocycles. The highest BCUT2D eigenvalue weighted by Crippen LogP contribution is 2.26. The molecular weight excluding hydrogens is 258 g/mol. The van der Waals surface area contributed by atoms with Crippen molar-refractivity contribution in [1.82, 2.24) is 4.98 Å². The van der Waals surface area contributed by atoms with Crippen molar-refractivity contribution in [3.8, 4) is 0 Å². The summed E-state index contributed by atoms with van der Waals surface area (Å²) in [7, 11) is 4.02. The second-order valence-corrected chi connectivity index (χ2v) is 5.16. The Balaban J connectivity index is 1.96. The molecule has 3 aromatic rings. The van der Waals surface area contributed by atoms with E-state index in [9.17, 15) is 0 Å². The molecule has 106 valence electrons. The van der Waals surface area contributed by atoms with Gasteiger partial charge in [0.05, 0.1) is 0 Å². The molecule has 0 spiro atoms. The molecule has 3 rings (SSSR count). The van der Waals surface area contributed by atoms with Crippen molar-refractivity contribution >= 4 is 22.3 Å². The summed E-state index contributed by atoms with van der Waals surface area (Å²) < 4.78 is 0. The maximum absolute atomic E-state index is 4.56. The lowest BCUT2D eigenvalue weighted by Gasteiger charge is -2.20. The van der Waals surface area contributed by atoms with Gasteiger partial charge >= 0.3 is 0 Å². The molecule has 0 saturated carbocycles. The maximum Gasteiger partial charge on any atom is 0.136 e. The number of nitrogens with one attached hydrogen (secondary N) is 1. The van der Waals surface area contributed by atoms with Crippen molar-refractivity contribution in [2.45, 2.75) is 6.54 Å². The number of hydrogen-bond acceptors (Lipinski definition) is 3. The molecule has 21 heavy (non-hydrogen) atoms. The Morgan fingerprint density at radius 3 is 2.62 bits per heavy atom. The zero-order chi connectivity index (χ0) is 14.7. The number of benzene rings is 2. The minimum Gasteiger partial charge on any atom is -0.388 e. The zero-order valence-corrected chi connectivity index (χ0v) is 12.4. The van der Waals surface area contributed by atoms with Crippen LogP contribution in [0.15, 0.2) is 60.8 Å². The third-order valence-electron chi connectivity index (χ3n) is 3.66. The van der Waals surface area contributed by atoms with Gasteiger partial charge in [-0.05, 0) is 35.2 Å². The fourth-order valence-corrected chi connectivity index (χ4v) is 2.55. The van der Waals surface area contributed by atoms with E-state index in [4.69, 9.17) is 0 Å². The number of hydrogen-bond donors (Lipinski definition) is 1. The Labute approximate surface area is 125 Å². The lowest BCUT2D eigenvalue weighted by Crippen LogP contribution is -2.17. The second kappa shape index (κ2) is 5.83. The summed E-state index contributed by atoms with van der Waals surface area (Å²) >= 11 is 0. The average molecular weight is 277 g/mol. The first-order valence-electron chi connectivity index (χ1n) is 7.09. The number of fused-ring (bicyclic) bond motifs is 1. The number of anilines is 2. The summed E-state index contributed by atoms with van der Waals surface area (Å²) in [6.07, 6.45) is 1.87. The predicted octanol–water partition coefficient (Wildman–Crippen LogP) is 3.91. The van der Waals surface area contributed by atoms with E-state index in [1.165, 1.54) is 16.3 Å². The largest absolute Gasteiger partial charge is 0.388 e. The van der Waals surface area contributed by atoms with Gasteiger partial charge in [-0.15, -0.1) is 0 Å². The van der Waals surface area contributed by atoms with Gasteiger partial charge in [-0.1, -0.05) is 30.3 Å². The minimum absolute atomic E-state index is 0.848. The van der Waals surface area contributed by atoms with Crippen LogP contribution in [-0.4, -0.2) is 19.1 Å². The first-order valence-corrected chi connectivity index (χ1v) is 7.09. The van der Waals surface area contributed by atoms with Crippen LogP contribution in [0.5, 0.6) is 0 Å². The SMILES string of the molecule is CNc1ccc2c(N(C)Cc3ccccc3)nccc2c1. The van der Waals surface area contributed by atoms with Crippen LogP contribution in [0.1, 0.15) is 5.56 Å². The fourth-order valence-electron chi connectivity index (χ4n) is 2.55. The summed E-state index contributed by atoms with van der Waals surface area (Å²) in [5, 5.41) is 5.55. The molecule has 0 radical (unpaired) electrons. The van der Waals surface area contributed by atoms with E-state index in [1.54, 1.807) is 0 Å². The highest BCUT2D eigenvalue weighted by Gasteiger charge is 2.08. The highest BCUT2D eigenvalue weighted by molar-refractivity contribution is 5.94. The van der Waals surface area contributed by atoms with Crippen LogP contribution < -0.4 is 10.2 Å². The quantitative estimate of drug-likeness (QED) is 0.783. The van der Waals surface area contributed by atoms with E-state index in [1.807, 2.05) is 19.3 Å². The molecular formula is C18H19N3. The Morgan fingerprint density at radius 2 is 1.86 bits per heavy atom. The van der Waals surface area contributed by atoms with Gasteiger partial charge in [0.15, 0.2) is 0 Å². The molecule has 1 aromatic heterocycles. The summed E-state index contributed by atoms with van der Waals surface area (Å²) in [4.78, 5) is 6.76. The predicted molar refractivity (Wildman–Crippen MR) is 89.8 cm³/mol. The van der Waals surface area contributed by atoms with Crippen molar-refractivity contribution in [2.24, 2.45) is 0 Å². The molecule has 0 fully saturated rings. The van der Waals surface area contributed by atoms with Gasteiger partial charge in [0.1, 0.15) is 5.82 Å². The molecule has 0 unspecified atom stereocenters. The summed E-state index contributed by atoms with van der Waals surface area (Å²) in [6, 6.07) is 18.9. The minimum atomic E-state index is 0.848. The van der Waals surface area contributed by atoms with Gasteiger partial charge in [0.25, 0.3) is 0 Å². The fraction of sp³-hybridized carbons (Fsp3) is 0.167. The van der Waals surface area contributed by atoms with Crippen LogP contribution in [0.4, 0.5) is 11.5 Å². The normalized spacial score (nSPS) is 10.6. The van der Waals surface area contributed by atoms with E-state index >= 15 is 0 Å². The molecule has 0 aliphatic rings. The van der Waals surface area contributed by atoms with Crippen molar-refractivity contribution < 1.29 is 0 Å². The maximum atomic E-state index is 4.56. The number of pyridine rings is 1. The Hall–Kier alpha value is -2.55. The van der Waals surface area contributed by atoms with Gasteiger partial charge < -0.3 is 10.2 Å². The first kappa shape index (κ1) is 13.4. The Bertz CT molecular complexity index is 738. The van der Waals surface area contributed by atoms with Crippen LogP contribution in [0.25, 0.3) is 10.8 Å². The third-order valence-corrected chi connectivity index (χ3v) is 3.66.